The molecule has 0 bridgehead atoms. The Labute approximate surface area is 89.4 Å². The Bertz CT molecular complexity index is 301. The van der Waals surface area contributed by atoms with Gasteiger partial charge in [-0.2, -0.15) is 0 Å². The highest BCUT2D eigenvalue weighted by Crippen LogP contribution is 2.18. The summed E-state index contributed by atoms with van der Waals surface area (Å²) in [5, 5.41) is 11.6. The van der Waals surface area contributed by atoms with Gasteiger partial charge in [-0.05, 0) is 26.7 Å². The van der Waals surface area contributed by atoms with Gasteiger partial charge in [-0.25, -0.2) is 4.79 Å². The van der Waals surface area contributed by atoms with Crippen LogP contribution in [-0.4, -0.2) is 23.0 Å². The largest absolute Gasteiger partial charge is 0.478 e. The smallest absolute Gasteiger partial charge is 0.331 e. The molecule has 4 heteroatoms. The zero-order valence-corrected chi connectivity index (χ0v) is 9.17. The van der Waals surface area contributed by atoms with Crippen LogP contribution in [0.1, 0.15) is 39.5 Å². The molecule has 1 amide bonds. The van der Waals surface area contributed by atoms with E-state index in [9.17, 15) is 9.59 Å². The van der Waals surface area contributed by atoms with Crippen LogP contribution in [0.25, 0.3) is 0 Å². The Morgan fingerprint density at radius 1 is 1.13 bits per heavy atom. The molecular formula is C11H17NO3. The van der Waals surface area contributed by atoms with Gasteiger partial charge in [0.1, 0.15) is 0 Å². The number of hydrogen-bond acceptors (Lipinski definition) is 2. The minimum atomic E-state index is -1.03. The highest BCUT2D eigenvalue weighted by Gasteiger charge is 2.19. The van der Waals surface area contributed by atoms with Crippen LogP contribution in [0.5, 0.6) is 0 Å². The van der Waals surface area contributed by atoms with Gasteiger partial charge in [0.25, 0.3) is 0 Å². The van der Waals surface area contributed by atoms with Crippen molar-refractivity contribution in [1.82, 2.24) is 5.32 Å². The zero-order valence-electron chi connectivity index (χ0n) is 9.17. The minimum Gasteiger partial charge on any atom is -0.478 e. The number of carboxylic acids is 1. The van der Waals surface area contributed by atoms with Crippen molar-refractivity contribution in [2.75, 3.05) is 0 Å². The normalized spacial score (nSPS) is 18.5. The summed E-state index contributed by atoms with van der Waals surface area (Å²) in [4.78, 5) is 22.3. The molecule has 84 valence electrons. The van der Waals surface area contributed by atoms with Crippen LogP contribution in [0, 0.1) is 0 Å². The topological polar surface area (TPSA) is 66.4 Å². The minimum absolute atomic E-state index is 0.116. The van der Waals surface area contributed by atoms with Crippen molar-refractivity contribution < 1.29 is 14.7 Å². The van der Waals surface area contributed by atoms with E-state index in [2.05, 4.69) is 5.32 Å². The van der Waals surface area contributed by atoms with Gasteiger partial charge in [0.2, 0.25) is 5.91 Å². The lowest BCUT2D eigenvalue weighted by atomic mass is 10.1. The number of amides is 1. The molecule has 0 saturated heterocycles. The van der Waals surface area contributed by atoms with Crippen LogP contribution in [0.4, 0.5) is 0 Å². The van der Waals surface area contributed by atoms with Crippen molar-refractivity contribution in [1.29, 1.82) is 0 Å². The van der Waals surface area contributed by atoms with Crippen LogP contribution < -0.4 is 5.32 Å². The molecule has 1 saturated carbocycles. The lowest BCUT2D eigenvalue weighted by molar-refractivity contribution is -0.133. The maximum Gasteiger partial charge on any atom is 0.331 e. The van der Waals surface area contributed by atoms with Crippen LogP contribution in [0.15, 0.2) is 11.1 Å². The summed E-state index contributed by atoms with van der Waals surface area (Å²) < 4.78 is 0. The van der Waals surface area contributed by atoms with E-state index in [1.807, 2.05) is 0 Å². The molecule has 0 spiro atoms. The summed E-state index contributed by atoms with van der Waals surface area (Å²) in [5.41, 5.74) is 0.417. The van der Waals surface area contributed by atoms with Crippen LogP contribution >= 0.6 is 0 Å². The van der Waals surface area contributed by atoms with Gasteiger partial charge in [-0.15, -0.1) is 0 Å². The molecule has 1 rings (SSSR count). The first kappa shape index (κ1) is 11.8. The predicted molar refractivity (Wildman–Crippen MR) is 56.4 cm³/mol. The van der Waals surface area contributed by atoms with E-state index in [4.69, 9.17) is 5.11 Å². The highest BCUT2D eigenvalue weighted by atomic mass is 16.4. The second-order valence-corrected chi connectivity index (χ2v) is 4.01. The van der Waals surface area contributed by atoms with Gasteiger partial charge >= 0.3 is 5.97 Å². The van der Waals surface area contributed by atoms with Gasteiger partial charge in [0.15, 0.2) is 0 Å². The summed E-state index contributed by atoms with van der Waals surface area (Å²) in [7, 11) is 0. The first-order chi connectivity index (χ1) is 7.02. The molecule has 0 aromatic carbocycles. The molecule has 0 heterocycles. The molecule has 1 aliphatic carbocycles. The molecule has 2 N–H and O–H groups in total. The number of aliphatic carboxylic acids is 1. The molecule has 0 aliphatic heterocycles. The van der Waals surface area contributed by atoms with E-state index in [-0.39, 0.29) is 17.5 Å². The third kappa shape index (κ3) is 3.08. The summed E-state index contributed by atoms with van der Waals surface area (Å²) >= 11 is 0. The molecule has 0 aromatic rings. The summed E-state index contributed by atoms with van der Waals surface area (Å²) in [6.07, 6.45) is 4.30. The van der Waals surface area contributed by atoms with E-state index in [0.29, 0.717) is 5.57 Å². The van der Waals surface area contributed by atoms with E-state index >= 15 is 0 Å². The SMILES string of the molecule is C/C(C(=O)O)=C(\C)C(=O)NC1CCCC1. The van der Waals surface area contributed by atoms with Crippen molar-refractivity contribution in [3.05, 3.63) is 11.1 Å². The van der Waals surface area contributed by atoms with Crippen molar-refractivity contribution >= 4 is 11.9 Å². The molecule has 1 fully saturated rings. The lowest BCUT2D eigenvalue weighted by Gasteiger charge is -2.12. The molecule has 0 aromatic heterocycles. The van der Waals surface area contributed by atoms with Crippen LogP contribution in [0.3, 0.4) is 0 Å². The van der Waals surface area contributed by atoms with Crippen LogP contribution in [0.2, 0.25) is 0 Å². The van der Waals surface area contributed by atoms with Gasteiger partial charge in [0.05, 0.1) is 0 Å². The summed E-state index contributed by atoms with van der Waals surface area (Å²) in [5.74, 6) is -1.28. The fourth-order valence-corrected chi connectivity index (χ4v) is 1.69. The summed E-state index contributed by atoms with van der Waals surface area (Å²) in [6.45, 7) is 3.00. The standard InChI is InChI=1S/C11H17NO3/c1-7(8(2)11(14)15)10(13)12-9-5-3-4-6-9/h9H,3-6H2,1-2H3,(H,12,13)(H,14,15)/b8-7-. The molecule has 0 atom stereocenters. The van der Waals surface area contributed by atoms with E-state index in [1.54, 1.807) is 6.92 Å². The number of rotatable bonds is 3. The van der Waals surface area contributed by atoms with Gasteiger partial charge in [0, 0.05) is 17.2 Å². The fraction of sp³-hybridized carbons (Fsp3) is 0.636. The Balaban J connectivity index is 2.59. The predicted octanol–water partition coefficient (Wildman–Crippen LogP) is 1.47. The van der Waals surface area contributed by atoms with Crippen molar-refractivity contribution in [3.8, 4) is 0 Å². The molecule has 1 aliphatic rings. The third-order valence-electron chi connectivity index (χ3n) is 2.91. The van der Waals surface area contributed by atoms with Crippen LogP contribution in [-0.2, 0) is 9.59 Å². The average molecular weight is 211 g/mol. The molecular weight excluding hydrogens is 194 g/mol. The number of carboxylic acid groups (broad SMARTS) is 1. The summed E-state index contributed by atoms with van der Waals surface area (Å²) in [6, 6.07) is 0.231. The Morgan fingerprint density at radius 2 is 1.67 bits per heavy atom. The first-order valence-electron chi connectivity index (χ1n) is 5.24. The average Bonchev–Trinajstić information content (AvgIpc) is 2.67. The first-order valence-corrected chi connectivity index (χ1v) is 5.24. The van der Waals surface area contributed by atoms with E-state index in [0.717, 1.165) is 25.7 Å². The highest BCUT2D eigenvalue weighted by molar-refractivity contribution is 6.01. The molecule has 0 radical (unpaired) electrons. The number of hydrogen-bond donors (Lipinski definition) is 2. The fourth-order valence-electron chi connectivity index (χ4n) is 1.69. The quantitative estimate of drug-likeness (QED) is 0.694. The molecule has 4 nitrogen and oxygen atoms in total. The van der Waals surface area contributed by atoms with Crippen molar-refractivity contribution in [2.45, 2.75) is 45.6 Å². The Hall–Kier alpha value is -1.32. The number of carbonyl (C=O) groups excluding carboxylic acids is 1. The lowest BCUT2D eigenvalue weighted by Crippen LogP contribution is -2.33. The maximum atomic E-state index is 11.6. The Morgan fingerprint density at radius 3 is 2.13 bits per heavy atom. The molecule has 0 unspecified atom stereocenters. The van der Waals surface area contributed by atoms with Crippen molar-refractivity contribution in [3.63, 3.8) is 0 Å². The second-order valence-electron chi connectivity index (χ2n) is 4.01. The number of carbonyl (C=O) groups is 2. The monoisotopic (exact) mass is 211 g/mol. The Kier molecular flexibility index (Phi) is 3.88. The third-order valence-corrected chi connectivity index (χ3v) is 2.91. The van der Waals surface area contributed by atoms with E-state index < -0.39 is 5.97 Å². The van der Waals surface area contributed by atoms with Gasteiger partial charge in [-0.3, -0.25) is 4.79 Å². The van der Waals surface area contributed by atoms with E-state index in [1.165, 1.54) is 6.92 Å². The van der Waals surface area contributed by atoms with Crippen molar-refractivity contribution in [2.24, 2.45) is 0 Å². The van der Waals surface area contributed by atoms with Gasteiger partial charge in [-0.1, -0.05) is 12.8 Å². The number of nitrogens with one attached hydrogen (secondary N) is 1. The maximum absolute atomic E-state index is 11.6. The molecule has 15 heavy (non-hydrogen) atoms. The second kappa shape index (κ2) is 4.96. The van der Waals surface area contributed by atoms with Gasteiger partial charge < -0.3 is 10.4 Å². The zero-order chi connectivity index (χ0) is 11.4.